The van der Waals surface area contributed by atoms with Crippen molar-refractivity contribution in [1.82, 2.24) is 4.90 Å². The van der Waals surface area contributed by atoms with Crippen molar-refractivity contribution in [2.24, 2.45) is 0 Å². The Morgan fingerprint density at radius 3 is 2.72 bits per heavy atom. The SMILES string of the molecule is CCCN1CCC[C@H]2c3cccc(OS(=O)(=O)C(F)(F)F)c3CC[C@H]21. The van der Waals surface area contributed by atoms with E-state index in [-0.39, 0.29) is 11.7 Å². The van der Waals surface area contributed by atoms with Crippen LogP contribution in [0.1, 0.15) is 49.7 Å². The Balaban J connectivity index is 1.92. The highest BCUT2D eigenvalue weighted by Gasteiger charge is 2.49. The quantitative estimate of drug-likeness (QED) is 0.591. The maximum Gasteiger partial charge on any atom is 0.534 e. The van der Waals surface area contributed by atoms with Crippen molar-refractivity contribution in [3.63, 3.8) is 0 Å². The van der Waals surface area contributed by atoms with Gasteiger partial charge in [0.05, 0.1) is 0 Å². The summed E-state index contributed by atoms with van der Waals surface area (Å²) < 4.78 is 65.1. The second kappa shape index (κ2) is 6.79. The molecule has 1 saturated heterocycles. The lowest BCUT2D eigenvalue weighted by Crippen LogP contribution is -2.46. The summed E-state index contributed by atoms with van der Waals surface area (Å²) in [6.45, 7) is 4.19. The van der Waals surface area contributed by atoms with Gasteiger partial charge in [0.2, 0.25) is 0 Å². The van der Waals surface area contributed by atoms with Crippen LogP contribution in [0.25, 0.3) is 0 Å². The minimum absolute atomic E-state index is 0.180. The normalized spacial score (nSPS) is 24.5. The number of hydrogen-bond acceptors (Lipinski definition) is 4. The van der Waals surface area contributed by atoms with Crippen molar-refractivity contribution in [1.29, 1.82) is 0 Å². The summed E-state index contributed by atoms with van der Waals surface area (Å²) >= 11 is 0. The molecule has 140 valence electrons. The van der Waals surface area contributed by atoms with E-state index < -0.39 is 15.6 Å². The van der Waals surface area contributed by atoms with Gasteiger partial charge in [-0.3, -0.25) is 4.90 Å². The number of alkyl halides is 3. The molecule has 0 saturated carbocycles. The molecule has 0 aromatic heterocycles. The van der Waals surface area contributed by atoms with Gasteiger partial charge in [-0.05, 0) is 68.3 Å². The zero-order valence-corrected chi connectivity index (χ0v) is 14.9. The van der Waals surface area contributed by atoms with E-state index in [2.05, 4.69) is 16.0 Å². The molecular weight excluding hydrogens is 355 g/mol. The standard InChI is InChI=1S/C17H22F3NO3S/c1-2-10-21-11-4-6-13-12-5-3-7-16(14(12)8-9-15(13)21)24-25(22,23)17(18,19)20/h3,5,7,13,15H,2,4,6,8-11H2,1H3/t13-,15+/m0/s1. The summed E-state index contributed by atoms with van der Waals surface area (Å²) in [6.07, 6.45) is 4.40. The van der Waals surface area contributed by atoms with Gasteiger partial charge < -0.3 is 4.18 Å². The van der Waals surface area contributed by atoms with E-state index in [1.807, 2.05) is 6.07 Å². The van der Waals surface area contributed by atoms with Crippen LogP contribution in [-0.4, -0.2) is 38.0 Å². The molecule has 0 N–H and O–H groups in total. The fourth-order valence-corrected chi connectivity index (χ4v) is 4.66. The van der Waals surface area contributed by atoms with E-state index >= 15 is 0 Å². The zero-order valence-electron chi connectivity index (χ0n) is 14.1. The lowest BCUT2D eigenvalue weighted by atomic mass is 9.74. The molecular formula is C17H22F3NO3S. The molecule has 1 heterocycles. The number of piperidine rings is 1. The van der Waals surface area contributed by atoms with Crippen LogP contribution in [-0.2, 0) is 16.5 Å². The van der Waals surface area contributed by atoms with Crippen molar-refractivity contribution < 1.29 is 25.8 Å². The maximum absolute atomic E-state index is 12.6. The number of nitrogens with zero attached hydrogens (tertiary/aromatic N) is 1. The fourth-order valence-electron chi connectivity index (χ4n) is 4.17. The minimum Gasteiger partial charge on any atom is -0.376 e. The van der Waals surface area contributed by atoms with Crippen LogP contribution < -0.4 is 4.18 Å². The molecule has 1 aromatic rings. The predicted octanol–water partition coefficient (Wildman–Crippen LogP) is 3.82. The minimum atomic E-state index is -5.64. The topological polar surface area (TPSA) is 46.6 Å². The molecule has 2 aliphatic rings. The molecule has 2 atom stereocenters. The van der Waals surface area contributed by atoms with Crippen LogP contribution in [0.5, 0.6) is 5.75 Å². The van der Waals surface area contributed by atoms with Crippen LogP contribution in [0.15, 0.2) is 18.2 Å². The Kier molecular flexibility index (Phi) is 5.03. The van der Waals surface area contributed by atoms with Gasteiger partial charge in [0.15, 0.2) is 0 Å². The first kappa shape index (κ1) is 18.5. The van der Waals surface area contributed by atoms with Gasteiger partial charge in [-0.25, -0.2) is 0 Å². The molecule has 3 rings (SSSR count). The Bertz CT molecular complexity index is 731. The van der Waals surface area contributed by atoms with Gasteiger partial charge in [-0.15, -0.1) is 0 Å². The van der Waals surface area contributed by atoms with E-state index in [1.165, 1.54) is 6.07 Å². The molecule has 0 amide bonds. The smallest absolute Gasteiger partial charge is 0.376 e. The van der Waals surface area contributed by atoms with Crippen molar-refractivity contribution >= 4 is 10.1 Å². The highest BCUT2D eigenvalue weighted by Crippen LogP contribution is 2.44. The fraction of sp³-hybridized carbons (Fsp3) is 0.647. The van der Waals surface area contributed by atoms with Gasteiger partial charge in [-0.1, -0.05) is 19.1 Å². The van der Waals surface area contributed by atoms with Crippen molar-refractivity contribution in [2.45, 2.75) is 56.5 Å². The monoisotopic (exact) mass is 377 g/mol. The van der Waals surface area contributed by atoms with Crippen molar-refractivity contribution in [2.75, 3.05) is 13.1 Å². The summed E-state index contributed by atoms with van der Waals surface area (Å²) in [5.74, 6) is 0.0436. The van der Waals surface area contributed by atoms with Crippen LogP contribution in [0.4, 0.5) is 13.2 Å². The van der Waals surface area contributed by atoms with Gasteiger partial charge in [0, 0.05) is 6.04 Å². The lowest BCUT2D eigenvalue weighted by molar-refractivity contribution is -0.0500. The molecule has 0 bridgehead atoms. The molecule has 1 fully saturated rings. The van der Waals surface area contributed by atoms with Crippen LogP contribution in [0, 0.1) is 0 Å². The second-order valence-electron chi connectivity index (χ2n) is 6.70. The summed E-state index contributed by atoms with van der Waals surface area (Å²) in [5.41, 5.74) is -3.88. The molecule has 25 heavy (non-hydrogen) atoms. The van der Waals surface area contributed by atoms with Gasteiger partial charge in [0.25, 0.3) is 0 Å². The second-order valence-corrected chi connectivity index (χ2v) is 8.24. The Morgan fingerprint density at radius 2 is 2.04 bits per heavy atom. The number of hydrogen-bond donors (Lipinski definition) is 0. The largest absolute Gasteiger partial charge is 0.534 e. The molecule has 0 spiro atoms. The van der Waals surface area contributed by atoms with E-state index in [1.54, 1.807) is 6.07 Å². The first-order chi connectivity index (χ1) is 11.7. The summed E-state index contributed by atoms with van der Waals surface area (Å²) in [4.78, 5) is 2.46. The van der Waals surface area contributed by atoms with Crippen LogP contribution >= 0.6 is 0 Å². The number of likely N-dealkylation sites (tertiary alicyclic amines) is 1. The average Bonchev–Trinajstić information content (AvgIpc) is 2.54. The summed E-state index contributed by atoms with van der Waals surface area (Å²) in [7, 11) is -5.64. The Labute approximate surface area is 146 Å². The maximum atomic E-state index is 12.6. The third kappa shape index (κ3) is 3.51. The van der Waals surface area contributed by atoms with E-state index in [4.69, 9.17) is 0 Å². The molecule has 4 nitrogen and oxygen atoms in total. The molecule has 0 unspecified atom stereocenters. The zero-order chi connectivity index (χ0) is 18.2. The number of fused-ring (bicyclic) bond motifs is 3. The molecule has 8 heteroatoms. The van der Waals surface area contributed by atoms with Crippen LogP contribution in [0.2, 0.25) is 0 Å². The summed E-state index contributed by atoms with van der Waals surface area (Å²) in [6, 6.07) is 5.17. The predicted molar refractivity (Wildman–Crippen MR) is 88.0 cm³/mol. The third-order valence-corrected chi connectivity index (χ3v) is 6.11. The molecule has 1 aliphatic carbocycles. The van der Waals surface area contributed by atoms with Gasteiger partial charge in [-0.2, -0.15) is 21.6 Å². The number of halogens is 3. The average molecular weight is 377 g/mol. The van der Waals surface area contributed by atoms with Gasteiger partial charge in [0.1, 0.15) is 5.75 Å². The Hall–Kier alpha value is -1.28. The first-order valence-corrected chi connectivity index (χ1v) is 10.0. The van der Waals surface area contributed by atoms with E-state index in [0.29, 0.717) is 18.0 Å². The van der Waals surface area contributed by atoms with Crippen molar-refractivity contribution in [3.05, 3.63) is 29.3 Å². The molecule has 0 radical (unpaired) electrons. The third-order valence-electron chi connectivity index (χ3n) is 5.15. The van der Waals surface area contributed by atoms with Crippen LogP contribution in [0.3, 0.4) is 0 Å². The highest BCUT2D eigenvalue weighted by atomic mass is 32.2. The first-order valence-electron chi connectivity index (χ1n) is 8.61. The molecule has 1 aromatic carbocycles. The Morgan fingerprint density at radius 1 is 1.28 bits per heavy atom. The summed E-state index contributed by atoms with van der Waals surface area (Å²) in [5, 5.41) is 0. The van der Waals surface area contributed by atoms with Crippen molar-refractivity contribution in [3.8, 4) is 5.75 Å². The van der Waals surface area contributed by atoms with Gasteiger partial charge >= 0.3 is 15.6 Å². The van der Waals surface area contributed by atoms with E-state index in [0.717, 1.165) is 44.3 Å². The van der Waals surface area contributed by atoms with E-state index in [9.17, 15) is 21.6 Å². The lowest BCUT2D eigenvalue weighted by Gasteiger charge is -2.45. The molecule has 1 aliphatic heterocycles. The highest BCUT2D eigenvalue weighted by molar-refractivity contribution is 7.88. The number of benzene rings is 1. The number of rotatable bonds is 4.